The summed E-state index contributed by atoms with van der Waals surface area (Å²) in [6, 6.07) is 8.10. The SMILES string of the molecule is CN(C)CCN1C(=O)CNCc2ccccc21. The summed E-state index contributed by atoms with van der Waals surface area (Å²) in [6.45, 7) is 2.80. The van der Waals surface area contributed by atoms with Crippen LogP contribution in [-0.4, -0.2) is 44.5 Å². The van der Waals surface area contributed by atoms with Crippen molar-refractivity contribution in [3.8, 4) is 0 Å². The van der Waals surface area contributed by atoms with Crippen LogP contribution >= 0.6 is 0 Å². The molecule has 0 spiro atoms. The number of likely N-dealkylation sites (N-methyl/N-ethyl adjacent to an activating group) is 1. The van der Waals surface area contributed by atoms with Crippen molar-refractivity contribution >= 4 is 11.6 Å². The quantitative estimate of drug-likeness (QED) is 0.834. The Labute approximate surface area is 102 Å². The number of amides is 1. The maximum atomic E-state index is 12.0. The zero-order valence-electron chi connectivity index (χ0n) is 10.4. The van der Waals surface area contributed by atoms with Gasteiger partial charge in [0, 0.05) is 25.3 Å². The van der Waals surface area contributed by atoms with Gasteiger partial charge in [0.1, 0.15) is 0 Å². The van der Waals surface area contributed by atoms with Crippen LogP contribution in [0.1, 0.15) is 5.56 Å². The van der Waals surface area contributed by atoms with Crippen LogP contribution in [0.15, 0.2) is 24.3 Å². The van der Waals surface area contributed by atoms with Gasteiger partial charge in [-0.2, -0.15) is 0 Å². The van der Waals surface area contributed by atoms with Crippen LogP contribution in [0.2, 0.25) is 0 Å². The Bertz CT molecular complexity index is 403. The van der Waals surface area contributed by atoms with Gasteiger partial charge in [-0.05, 0) is 25.7 Å². The minimum Gasteiger partial charge on any atom is -0.310 e. The fourth-order valence-corrected chi connectivity index (χ4v) is 2.00. The second-order valence-electron chi connectivity index (χ2n) is 4.58. The zero-order chi connectivity index (χ0) is 12.3. The smallest absolute Gasteiger partial charge is 0.240 e. The lowest BCUT2D eigenvalue weighted by Crippen LogP contribution is -2.39. The molecule has 1 aromatic carbocycles. The lowest BCUT2D eigenvalue weighted by atomic mass is 10.1. The van der Waals surface area contributed by atoms with E-state index in [9.17, 15) is 4.79 Å². The summed E-state index contributed by atoms with van der Waals surface area (Å²) in [5, 5.41) is 3.17. The average Bonchev–Trinajstić information content (AvgIpc) is 2.45. The van der Waals surface area contributed by atoms with E-state index >= 15 is 0 Å². The van der Waals surface area contributed by atoms with Crippen LogP contribution in [-0.2, 0) is 11.3 Å². The number of benzene rings is 1. The van der Waals surface area contributed by atoms with Crippen molar-refractivity contribution in [2.45, 2.75) is 6.54 Å². The molecule has 17 heavy (non-hydrogen) atoms. The van der Waals surface area contributed by atoms with Gasteiger partial charge in [-0.1, -0.05) is 18.2 Å². The number of hydrogen-bond acceptors (Lipinski definition) is 3. The molecule has 4 heteroatoms. The Balaban J connectivity index is 2.24. The molecule has 0 aromatic heterocycles. The number of fused-ring (bicyclic) bond motifs is 1. The topological polar surface area (TPSA) is 35.6 Å². The standard InChI is InChI=1S/C13H19N3O/c1-15(2)7-8-16-12-6-4-3-5-11(12)9-14-10-13(16)17/h3-6,14H,7-10H2,1-2H3. The van der Waals surface area contributed by atoms with Crippen molar-refractivity contribution in [1.29, 1.82) is 0 Å². The van der Waals surface area contributed by atoms with Crippen LogP contribution in [0.5, 0.6) is 0 Å². The van der Waals surface area contributed by atoms with Crippen LogP contribution in [0.3, 0.4) is 0 Å². The summed E-state index contributed by atoms with van der Waals surface area (Å²) in [4.78, 5) is 16.0. The van der Waals surface area contributed by atoms with Gasteiger partial charge in [0.15, 0.2) is 0 Å². The number of carbonyl (C=O) groups is 1. The van der Waals surface area contributed by atoms with Crippen molar-refractivity contribution in [1.82, 2.24) is 10.2 Å². The Morgan fingerprint density at radius 1 is 1.29 bits per heavy atom. The Morgan fingerprint density at radius 2 is 2.06 bits per heavy atom. The van der Waals surface area contributed by atoms with Crippen molar-refractivity contribution in [3.63, 3.8) is 0 Å². The molecule has 0 unspecified atom stereocenters. The molecule has 1 aliphatic heterocycles. The van der Waals surface area contributed by atoms with Gasteiger partial charge in [-0.15, -0.1) is 0 Å². The maximum absolute atomic E-state index is 12.0. The van der Waals surface area contributed by atoms with Crippen LogP contribution in [0.4, 0.5) is 5.69 Å². The van der Waals surface area contributed by atoms with E-state index in [2.05, 4.69) is 16.3 Å². The van der Waals surface area contributed by atoms with Gasteiger partial charge in [-0.25, -0.2) is 0 Å². The van der Waals surface area contributed by atoms with E-state index in [1.165, 1.54) is 5.56 Å². The van der Waals surface area contributed by atoms with Gasteiger partial charge in [0.2, 0.25) is 5.91 Å². The fourth-order valence-electron chi connectivity index (χ4n) is 2.00. The Hall–Kier alpha value is -1.39. The molecule has 0 atom stereocenters. The summed E-state index contributed by atoms with van der Waals surface area (Å²) < 4.78 is 0. The molecule has 4 nitrogen and oxygen atoms in total. The molecule has 0 bridgehead atoms. The first-order valence-corrected chi connectivity index (χ1v) is 5.92. The molecule has 2 rings (SSSR count). The van der Waals surface area contributed by atoms with Crippen molar-refractivity contribution in [2.75, 3.05) is 38.6 Å². The highest BCUT2D eigenvalue weighted by Gasteiger charge is 2.21. The van der Waals surface area contributed by atoms with Gasteiger partial charge in [0.25, 0.3) is 0 Å². The fraction of sp³-hybridized carbons (Fsp3) is 0.462. The van der Waals surface area contributed by atoms with E-state index in [1.807, 2.05) is 37.2 Å². The number of rotatable bonds is 3. The van der Waals surface area contributed by atoms with Crippen molar-refractivity contribution in [3.05, 3.63) is 29.8 Å². The molecule has 92 valence electrons. The highest BCUT2D eigenvalue weighted by Crippen LogP contribution is 2.22. The van der Waals surface area contributed by atoms with Crippen molar-refractivity contribution in [2.24, 2.45) is 0 Å². The van der Waals surface area contributed by atoms with Gasteiger partial charge >= 0.3 is 0 Å². The van der Waals surface area contributed by atoms with E-state index < -0.39 is 0 Å². The summed E-state index contributed by atoms with van der Waals surface area (Å²) in [7, 11) is 4.04. The molecule has 1 aromatic rings. The third kappa shape index (κ3) is 2.84. The molecule has 0 radical (unpaired) electrons. The first-order valence-electron chi connectivity index (χ1n) is 5.92. The molecule has 0 aliphatic carbocycles. The molecule has 0 saturated heterocycles. The zero-order valence-corrected chi connectivity index (χ0v) is 10.4. The van der Waals surface area contributed by atoms with Crippen LogP contribution < -0.4 is 10.2 Å². The largest absolute Gasteiger partial charge is 0.310 e. The number of carbonyl (C=O) groups excluding carboxylic acids is 1. The predicted octanol–water partition coefficient (Wildman–Crippen LogP) is 0.684. The van der Waals surface area contributed by atoms with Crippen molar-refractivity contribution < 1.29 is 4.79 Å². The molecule has 1 aliphatic rings. The van der Waals surface area contributed by atoms with Gasteiger partial charge < -0.3 is 15.1 Å². The molecular weight excluding hydrogens is 214 g/mol. The second kappa shape index (κ2) is 5.29. The van der Waals surface area contributed by atoms with Crippen LogP contribution in [0.25, 0.3) is 0 Å². The maximum Gasteiger partial charge on any atom is 0.240 e. The van der Waals surface area contributed by atoms with E-state index in [4.69, 9.17) is 0 Å². The highest BCUT2D eigenvalue weighted by atomic mass is 16.2. The number of anilines is 1. The third-order valence-electron chi connectivity index (χ3n) is 2.95. The molecule has 1 heterocycles. The average molecular weight is 233 g/mol. The highest BCUT2D eigenvalue weighted by molar-refractivity contribution is 5.96. The lowest BCUT2D eigenvalue weighted by molar-refractivity contribution is -0.117. The summed E-state index contributed by atoms with van der Waals surface area (Å²) in [5.74, 6) is 0.150. The third-order valence-corrected chi connectivity index (χ3v) is 2.95. The summed E-state index contributed by atoms with van der Waals surface area (Å²) >= 11 is 0. The number of nitrogens with zero attached hydrogens (tertiary/aromatic N) is 2. The lowest BCUT2D eigenvalue weighted by Gasteiger charge is -2.24. The first-order chi connectivity index (χ1) is 8.18. The molecule has 0 saturated carbocycles. The van der Waals surface area contributed by atoms with Crippen LogP contribution in [0, 0.1) is 0 Å². The van der Waals surface area contributed by atoms with Gasteiger partial charge in [0.05, 0.1) is 6.54 Å². The molecule has 0 fully saturated rings. The monoisotopic (exact) mass is 233 g/mol. The Kier molecular flexibility index (Phi) is 3.76. The number of nitrogens with one attached hydrogen (secondary N) is 1. The first kappa shape index (κ1) is 12.1. The summed E-state index contributed by atoms with van der Waals surface area (Å²) in [5.41, 5.74) is 2.24. The number of para-hydroxylation sites is 1. The van der Waals surface area contributed by atoms with E-state index in [1.54, 1.807) is 0 Å². The summed E-state index contributed by atoms with van der Waals surface area (Å²) in [6.07, 6.45) is 0. The van der Waals surface area contributed by atoms with Gasteiger partial charge in [-0.3, -0.25) is 4.79 Å². The molecular formula is C13H19N3O. The minimum atomic E-state index is 0.150. The van der Waals surface area contributed by atoms with E-state index in [0.29, 0.717) is 6.54 Å². The van der Waals surface area contributed by atoms with E-state index in [-0.39, 0.29) is 5.91 Å². The molecule has 1 N–H and O–H groups in total. The Morgan fingerprint density at radius 3 is 2.82 bits per heavy atom. The number of hydrogen-bond donors (Lipinski definition) is 1. The molecule has 1 amide bonds. The second-order valence-corrected chi connectivity index (χ2v) is 4.58. The van der Waals surface area contributed by atoms with E-state index in [0.717, 1.165) is 25.3 Å². The minimum absolute atomic E-state index is 0.150. The normalized spacial score (nSPS) is 15.9. The predicted molar refractivity (Wildman–Crippen MR) is 69.1 cm³/mol.